The Labute approximate surface area is 99.2 Å². The van der Waals surface area contributed by atoms with Gasteiger partial charge in [0, 0.05) is 0 Å². The maximum Gasteiger partial charge on any atom is 0.263 e. The average Bonchev–Trinajstić information content (AvgIpc) is 2.51. The van der Waals surface area contributed by atoms with Crippen molar-refractivity contribution in [2.24, 2.45) is 0 Å². The molecular weight excluding hydrogens is 218 g/mol. The van der Waals surface area contributed by atoms with E-state index in [4.69, 9.17) is 0 Å². The molecule has 0 radical (unpaired) electrons. The lowest BCUT2D eigenvalue weighted by Crippen LogP contribution is -2.38. The van der Waals surface area contributed by atoms with Crippen LogP contribution in [-0.2, 0) is 0 Å². The second-order valence-corrected chi connectivity index (χ2v) is 4.18. The maximum atomic E-state index is 11.9. The van der Waals surface area contributed by atoms with Crippen molar-refractivity contribution in [3.05, 3.63) is 47.0 Å². The third kappa shape index (κ3) is 1.87. The second kappa shape index (κ2) is 4.14. The van der Waals surface area contributed by atoms with Gasteiger partial charge in [0.05, 0.1) is 11.1 Å². The smallest absolute Gasteiger partial charge is 0.263 e. The van der Waals surface area contributed by atoms with E-state index in [9.17, 15) is 14.7 Å². The van der Waals surface area contributed by atoms with Gasteiger partial charge in [0.15, 0.2) is 6.23 Å². The quantitative estimate of drug-likeness (QED) is 0.620. The normalized spacial score (nSPS) is 15.8. The topological polar surface area (TPSA) is 57.6 Å². The minimum atomic E-state index is -1.20. The number of benzene rings is 1. The van der Waals surface area contributed by atoms with Crippen molar-refractivity contribution in [2.75, 3.05) is 0 Å². The van der Waals surface area contributed by atoms with E-state index in [1.807, 2.05) is 0 Å². The second-order valence-electron chi connectivity index (χ2n) is 4.18. The Bertz CT molecular complexity index is 480. The number of amides is 2. The first-order valence-corrected chi connectivity index (χ1v) is 5.32. The van der Waals surface area contributed by atoms with Gasteiger partial charge in [0.25, 0.3) is 11.8 Å². The van der Waals surface area contributed by atoms with Crippen molar-refractivity contribution >= 4 is 11.8 Å². The summed E-state index contributed by atoms with van der Waals surface area (Å²) in [6, 6.07) is 6.57. The van der Waals surface area contributed by atoms with Crippen LogP contribution in [-0.4, -0.2) is 28.0 Å². The van der Waals surface area contributed by atoms with Gasteiger partial charge in [-0.1, -0.05) is 17.7 Å². The number of hydrogen-bond acceptors (Lipinski definition) is 3. The van der Waals surface area contributed by atoms with E-state index in [-0.39, 0.29) is 0 Å². The van der Waals surface area contributed by atoms with Gasteiger partial charge in [-0.15, -0.1) is 0 Å². The largest absolute Gasteiger partial charge is 0.369 e. The van der Waals surface area contributed by atoms with Crippen LogP contribution in [0, 0.1) is 0 Å². The van der Waals surface area contributed by atoms with Crippen LogP contribution in [0.25, 0.3) is 0 Å². The summed E-state index contributed by atoms with van der Waals surface area (Å²) in [4.78, 5) is 24.8. The molecule has 0 saturated heterocycles. The molecule has 0 saturated carbocycles. The van der Waals surface area contributed by atoms with Crippen LogP contribution in [0.3, 0.4) is 0 Å². The van der Waals surface area contributed by atoms with Crippen molar-refractivity contribution in [3.63, 3.8) is 0 Å². The molecule has 1 N–H and O–H groups in total. The molecule has 0 bridgehead atoms. The Morgan fingerprint density at radius 3 is 2.06 bits per heavy atom. The van der Waals surface area contributed by atoms with Crippen molar-refractivity contribution < 1.29 is 14.7 Å². The number of nitrogens with zero attached hydrogens (tertiary/aromatic N) is 1. The number of imide groups is 1. The molecule has 2 amide bonds. The molecule has 1 aliphatic heterocycles. The van der Waals surface area contributed by atoms with Crippen LogP contribution in [0.2, 0.25) is 0 Å². The third-order valence-electron chi connectivity index (χ3n) is 2.57. The van der Waals surface area contributed by atoms with Crippen molar-refractivity contribution in [3.8, 4) is 0 Å². The number of aliphatic hydroxyl groups is 1. The molecule has 4 heteroatoms. The molecule has 88 valence electrons. The maximum absolute atomic E-state index is 11.9. The van der Waals surface area contributed by atoms with E-state index in [1.54, 1.807) is 38.1 Å². The molecule has 0 spiro atoms. The van der Waals surface area contributed by atoms with Gasteiger partial charge >= 0.3 is 0 Å². The molecule has 17 heavy (non-hydrogen) atoms. The zero-order chi connectivity index (χ0) is 12.6. The Hall–Kier alpha value is -1.94. The highest BCUT2D eigenvalue weighted by Gasteiger charge is 2.38. The van der Waals surface area contributed by atoms with Crippen molar-refractivity contribution in [2.45, 2.75) is 20.1 Å². The zero-order valence-electron chi connectivity index (χ0n) is 9.68. The Balaban J connectivity index is 2.40. The fourth-order valence-corrected chi connectivity index (χ4v) is 1.82. The molecule has 1 aromatic rings. The SMILES string of the molecule is CC(C)=CC(O)N1C(=O)c2ccccc2C1=O. The summed E-state index contributed by atoms with van der Waals surface area (Å²) in [5.41, 5.74) is 1.53. The molecule has 4 nitrogen and oxygen atoms in total. The molecular formula is C13H13NO3. The van der Waals surface area contributed by atoms with Crippen molar-refractivity contribution in [1.82, 2.24) is 4.90 Å². The average molecular weight is 231 g/mol. The Morgan fingerprint density at radius 1 is 1.18 bits per heavy atom. The zero-order valence-corrected chi connectivity index (χ0v) is 9.68. The molecule has 1 heterocycles. The molecule has 0 aliphatic carbocycles. The van der Waals surface area contributed by atoms with E-state index >= 15 is 0 Å². The highest BCUT2D eigenvalue weighted by atomic mass is 16.3. The molecule has 0 aromatic heterocycles. The van der Waals surface area contributed by atoms with Gasteiger partial charge in [-0.3, -0.25) is 9.59 Å². The predicted molar refractivity (Wildman–Crippen MR) is 62.4 cm³/mol. The first kappa shape index (κ1) is 11.5. The summed E-state index contributed by atoms with van der Waals surface area (Å²) >= 11 is 0. The van der Waals surface area contributed by atoms with E-state index in [2.05, 4.69) is 0 Å². The lowest BCUT2D eigenvalue weighted by atomic mass is 10.1. The Morgan fingerprint density at radius 2 is 1.65 bits per heavy atom. The Kier molecular flexibility index (Phi) is 2.81. The van der Waals surface area contributed by atoms with E-state index in [1.165, 1.54) is 6.08 Å². The summed E-state index contributed by atoms with van der Waals surface area (Å²) in [5, 5.41) is 9.84. The van der Waals surface area contributed by atoms with Crippen LogP contribution < -0.4 is 0 Å². The molecule has 1 aromatic carbocycles. The van der Waals surface area contributed by atoms with Gasteiger partial charge in [-0.2, -0.15) is 0 Å². The van der Waals surface area contributed by atoms with Gasteiger partial charge in [0.1, 0.15) is 0 Å². The van der Waals surface area contributed by atoms with Gasteiger partial charge in [-0.05, 0) is 32.1 Å². The number of carbonyl (C=O) groups is 2. The number of aliphatic hydroxyl groups excluding tert-OH is 1. The number of carbonyl (C=O) groups excluding carboxylic acids is 2. The summed E-state index contributed by atoms with van der Waals surface area (Å²) in [6.45, 7) is 3.59. The molecule has 1 atom stereocenters. The highest BCUT2D eigenvalue weighted by molar-refractivity contribution is 6.21. The fourth-order valence-electron chi connectivity index (χ4n) is 1.82. The summed E-state index contributed by atoms with van der Waals surface area (Å²) in [7, 11) is 0. The number of allylic oxidation sites excluding steroid dienone is 1. The first-order chi connectivity index (χ1) is 8.02. The summed E-state index contributed by atoms with van der Waals surface area (Å²) in [5.74, 6) is -0.897. The standard InChI is InChI=1S/C13H13NO3/c1-8(2)7-11(15)14-12(16)9-5-3-4-6-10(9)13(14)17/h3-7,11,15H,1-2H3. The van der Waals surface area contributed by atoms with Gasteiger partial charge in [-0.25, -0.2) is 4.90 Å². The van der Waals surface area contributed by atoms with Gasteiger partial charge < -0.3 is 5.11 Å². The monoisotopic (exact) mass is 231 g/mol. The number of hydrogen-bond donors (Lipinski definition) is 1. The summed E-state index contributed by atoms with van der Waals surface area (Å²) in [6.07, 6.45) is 0.272. The van der Waals surface area contributed by atoms with Crippen molar-refractivity contribution in [1.29, 1.82) is 0 Å². The molecule has 1 unspecified atom stereocenters. The minimum absolute atomic E-state index is 0.346. The number of rotatable bonds is 2. The van der Waals surface area contributed by atoms with E-state index in [0.717, 1.165) is 10.5 Å². The van der Waals surface area contributed by atoms with E-state index in [0.29, 0.717) is 11.1 Å². The first-order valence-electron chi connectivity index (χ1n) is 5.32. The van der Waals surface area contributed by atoms with Crippen LogP contribution >= 0.6 is 0 Å². The highest BCUT2D eigenvalue weighted by Crippen LogP contribution is 2.24. The lowest BCUT2D eigenvalue weighted by molar-refractivity contribution is 0.0305. The molecule has 2 rings (SSSR count). The lowest BCUT2D eigenvalue weighted by Gasteiger charge is -2.18. The van der Waals surface area contributed by atoms with Crippen LogP contribution in [0.4, 0.5) is 0 Å². The minimum Gasteiger partial charge on any atom is -0.369 e. The molecule has 0 fully saturated rings. The fraction of sp³-hybridized carbons (Fsp3) is 0.231. The van der Waals surface area contributed by atoms with E-state index < -0.39 is 18.0 Å². The predicted octanol–water partition coefficient (Wildman–Crippen LogP) is 1.57. The van der Waals surface area contributed by atoms with Gasteiger partial charge in [0.2, 0.25) is 0 Å². The van der Waals surface area contributed by atoms with Crippen LogP contribution in [0.15, 0.2) is 35.9 Å². The third-order valence-corrected chi connectivity index (χ3v) is 2.57. The summed E-state index contributed by atoms with van der Waals surface area (Å²) < 4.78 is 0. The molecule has 1 aliphatic rings. The van der Waals surface area contributed by atoms with Crippen LogP contribution in [0.5, 0.6) is 0 Å². The number of fused-ring (bicyclic) bond motifs is 1. The van der Waals surface area contributed by atoms with Crippen LogP contribution in [0.1, 0.15) is 34.6 Å².